The van der Waals surface area contributed by atoms with E-state index < -0.39 is 27.5 Å². The lowest BCUT2D eigenvalue weighted by Gasteiger charge is -2.16. The molecule has 1 heterocycles. The van der Waals surface area contributed by atoms with Crippen LogP contribution in [0, 0.1) is 5.82 Å². The minimum Gasteiger partial charge on any atom is -0.476 e. The van der Waals surface area contributed by atoms with Crippen LogP contribution in [0.25, 0.3) is 0 Å². The Bertz CT molecular complexity index is 773. The Morgan fingerprint density at radius 3 is 2.71 bits per heavy atom. The number of benzene rings is 1. The maximum absolute atomic E-state index is 13.6. The number of nitrogens with zero attached hydrogens (tertiary/aromatic N) is 2. The van der Waals surface area contributed by atoms with Gasteiger partial charge in [-0.2, -0.15) is 4.31 Å². The number of aromatic carboxylic acids is 1. The van der Waals surface area contributed by atoms with Crippen molar-refractivity contribution in [2.75, 3.05) is 7.05 Å². The Labute approximate surface area is 124 Å². The SMILES string of the molecule is CN(Cc1ccccc1F)S(=O)(=O)c1scnc1C(=O)O. The molecule has 0 radical (unpaired) electrons. The van der Waals surface area contributed by atoms with Crippen molar-refractivity contribution in [3.63, 3.8) is 0 Å². The molecule has 0 fully saturated rings. The average Bonchev–Trinajstić information content (AvgIpc) is 2.91. The van der Waals surface area contributed by atoms with E-state index in [1.165, 1.54) is 25.2 Å². The Morgan fingerprint density at radius 2 is 2.10 bits per heavy atom. The lowest BCUT2D eigenvalue weighted by molar-refractivity contribution is 0.0687. The predicted molar refractivity (Wildman–Crippen MR) is 74.1 cm³/mol. The van der Waals surface area contributed by atoms with E-state index in [0.29, 0.717) is 11.3 Å². The highest BCUT2D eigenvalue weighted by molar-refractivity contribution is 7.91. The normalized spacial score (nSPS) is 11.8. The third-order valence-electron chi connectivity index (χ3n) is 2.73. The number of sulfonamides is 1. The van der Waals surface area contributed by atoms with E-state index in [4.69, 9.17) is 5.11 Å². The number of thiazole rings is 1. The molecule has 0 saturated carbocycles. The van der Waals surface area contributed by atoms with Crippen LogP contribution in [0.5, 0.6) is 0 Å². The number of carbonyl (C=O) groups is 1. The van der Waals surface area contributed by atoms with Gasteiger partial charge in [0.15, 0.2) is 9.90 Å². The van der Waals surface area contributed by atoms with Gasteiger partial charge in [0.25, 0.3) is 10.0 Å². The fourth-order valence-electron chi connectivity index (χ4n) is 1.65. The van der Waals surface area contributed by atoms with E-state index in [1.54, 1.807) is 6.07 Å². The molecule has 1 N–H and O–H groups in total. The van der Waals surface area contributed by atoms with Crippen molar-refractivity contribution in [2.24, 2.45) is 0 Å². The molecule has 0 saturated heterocycles. The summed E-state index contributed by atoms with van der Waals surface area (Å²) in [6.07, 6.45) is 0. The van der Waals surface area contributed by atoms with Crippen molar-refractivity contribution < 1.29 is 22.7 Å². The standard InChI is InChI=1S/C12H11FN2O4S2/c1-15(6-8-4-2-3-5-9(8)13)21(18,19)12-10(11(16)17)14-7-20-12/h2-5,7H,6H2,1H3,(H,16,17). The average molecular weight is 330 g/mol. The maximum atomic E-state index is 13.6. The zero-order valence-electron chi connectivity index (χ0n) is 10.9. The van der Waals surface area contributed by atoms with Gasteiger partial charge in [-0.25, -0.2) is 22.6 Å². The van der Waals surface area contributed by atoms with Crippen LogP contribution in [-0.4, -0.2) is 35.8 Å². The number of hydrogen-bond donors (Lipinski definition) is 1. The monoisotopic (exact) mass is 330 g/mol. The maximum Gasteiger partial charge on any atom is 0.356 e. The van der Waals surface area contributed by atoms with Crippen molar-refractivity contribution in [1.82, 2.24) is 9.29 Å². The summed E-state index contributed by atoms with van der Waals surface area (Å²) < 4.78 is 38.8. The van der Waals surface area contributed by atoms with E-state index in [9.17, 15) is 17.6 Å². The van der Waals surface area contributed by atoms with Gasteiger partial charge in [0.2, 0.25) is 0 Å². The summed E-state index contributed by atoms with van der Waals surface area (Å²) in [6.45, 7) is -0.202. The summed E-state index contributed by atoms with van der Waals surface area (Å²) in [5, 5.41) is 8.93. The number of carboxylic acid groups (broad SMARTS) is 1. The summed E-state index contributed by atoms with van der Waals surface area (Å²) in [4.78, 5) is 14.5. The predicted octanol–water partition coefficient (Wildman–Crippen LogP) is 1.80. The van der Waals surface area contributed by atoms with E-state index in [2.05, 4.69) is 4.98 Å². The summed E-state index contributed by atoms with van der Waals surface area (Å²) in [5.74, 6) is -1.95. The third-order valence-corrected chi connectivity index (χ3v) is 5.88. The van der Waals surface area contributed by atoms with E-state index >= 15 is 0 Å². The van der Waals surface area contributed by atoms with Gasteiger partial charge >= 0.3 is 5.97 Å². The van der Waals surface area contributed by atoms with Crippen molar-refractivity contribution in [3.8, 4) is 0 Å². The molecule has 6 nitrogen and oxygen atoms in total. The molecule has 0 aliphatic heterocycles. The van der Waals surface area contributed by atoms with Crippen LogP contribution in [0.15, 0.2) is 34.0 Å². The minimum atomic E-state index is -4.04. The highest BCUT2D eigenvalue weighted by Crippen LogP contribution is 2.24. The number of hydrogen-bond acceptors (Lipinski definition) is 5. The molecule has 2 aromatic rings. The molecule has 21 heavy (non-hydrogen) atoms. The molecule has 0 atom stereocenters. The lowest BCUT2D eigenvalue weighted by Crippen LogP contribution is -2.27. The van der Waals surface area contributed by atoms with Crippen LogP contribution in [0.4, 0.5) is 4.39 Å². The van der Waals surface area contributed by atoms with Crippen molar-refractivity contribution in [2.45, 2.75) is 10.8 Å². The number of aromatic nitrogens is 1. The molecule has 0 bridgehead atoms. The topological polar surface area (TPSA) is 87.6 Å². The number of rotatable bonds is 5. The molecule has 0 unspecified atom stereocenters. The third kappa shape index (κ3) is 3.09. The van der Waals surface area contributed by atoms with Crippen LogP contribution in [0.3, 0.4) is 0 Å². The molecule has 1 aromatic heterocycles. The zero-order chi connectivity index (χ0) is 15.6. The first-order valence-corrected chi connectivity index (χ1v) is 8.02. The van der Waals surface area contributed by atoms with Crippen LogP contribution < -0.4 is 0 Å². The fourth-order valence-corrected chi connectivity index (χ4v) is 4.13. The molecule has 0 aliphatic carbocycles. The van der Waals surface area contributed by atoms with Crippen molar-refractivity contribution in [3.05, 3.63) is 46.9 Å². The summed E-state index contributed by atoms with van der Waals surface area (Å²) in [7, 11) is -2.79. The molecular formula is C12H11FN2O4S2. The van der Waals surface area contributed by atoms with E-state index in [0.717, 1.165) is 9.82 Å². The minimum absolute atomic E-state index is 0.199. The molecule has 0 spiro atoms. The summed E-state index contributed by atoms with van der Waals surface area (Å²) >= 11 is 0.713. The van der Waals surface area contributed by atoms with Crippen molar-refractivity contribution >= 4 is 27.3 Å². The fraction of sp³-hybridized carbons (Fsp3) is 0.167. The van der Waals surface area contributed by atoms with E-state index in [-0.39, 0.29) is 16.3 Å². The van der Waals surface area contributed by atoms with Gasteiger partial charge in [-0.15, -0.1) is 11.3 Å². The highest BCUT2D eigenvalue weighted by atomic mass is 32.2. The number of halogens is 1. The second-order valence-corrected chi connectivity index (χ2v) is 7.24. The van der Waals surface area contributed by atoms with Crippen LogP contribution in [-0.2, 0) is 16.6 Å². The van der Waals surface area contributed by atoms with Gasteiger partial charge in [0, 0.05) is 19.2 Å². The van der Waals surface area contributed by atoms with Gasteiger partial charge < -0.3 is 5.11 Å². The molecular weight excluding hydrogens is 319 g/mol. The first kappa shape index (κ1) is 15.5. The van der Waals surface area contributed by atoms with Gasteiger partial charge in [-0.1, -0.05) is 18.2 Å². The summed E-state index contributed by atoms with van der Waals surface area (Å²) in [5.41, 5.74) is 0.818. The molecule has 0 amide bonds. The van der Waals surface area contributed by atoms with Crippen LogP contribution >= 0.6 is 11.3 Å². The van der Waals surface area contributed by atoms with Crippen LogP contribution in [0.1, 0.15) is 16.1 Å². The Morgan fingerprint density at radius 1 is 1.43 bits per heavy atom. The quantitative estimate of drug-likeness (QED) is 0.903. The van der Waals surface area contributed by atoms with Gasteiger partial charge in [-0.05, 0) is 6.07 Å². The van der Waals surface area contributed by atoms with Gasteiger partial charge in [0.1, 0.15) is 5.82 Å². The van der Waals surface area contributed by atoms with E-state index in [1.807, 2.05) is 0 Å². The highest BCUT2D eigenvalue weighted by Gasteiger charge is 2.29. The zero-order valence-corrected chi connectivity index (χ0v) is 12.5. The van der Waals surface area contributed by atoms with Crippen LogP contribution in [0.2, 0.25) is 0 Å². The largest absolute Gasteiger partial charge is 0.476 e. The molecule has 0 aliphatic rings. The van der Waals surface area contributed by atoms with Gasteiger partial charge in [0.05, 0.1) is 5.51 Å². The molecule has 1 aromatic carbocycles. The van der Waals surface area contributed by atoms with Gasteiger partial charge in [-0.3, -0.25) is 0 Å². The molecule has 9 heteroatoms. The molecule has 112 valence electrons. The smallest absolute Gasteiger partial charge is 0.356 e. The Kier molecular flexibility index (Phi) is 4.35. The Balaban J connectivity index is 2.33. The summed E-state index contributed by atoms with van der Waals surface area (Å²) in [6, 6.07) is 5.78. The lowest BCUT2D eigenvalue weighted by atomic mass is 10.2. The first-order chi connectivity index (χ1) is 9.84. The second-order valence-electron chi connectivity index (χ2n) is 4.15. The second kappa shape index (κ2) is 5.88. The first-order valence-electron chi connectivity index (χ1n) is 5.70. The van der Waals surface area contributed by atoms with Crippen molar-refractivity contribution in [1.29, 1.82) is 0 Å². The molecule has 2 rings (SSSR count). The Hall–Kier alpha value is -1.84. The number of carboxylic acids is 1.